The number of hydrogen-bond donors (Lipinski definition) is 1. The molecule has 0 fully saturated rings. The van der Waals surface area contributed by atoms with Crippen LogP contribution in [-0.4, -0.2) is 7.11 Å². The van der Waals surface area contributed by atoms with E-state index in [9.17, 15) is 0 Å². The Morgan fingerprint density at radius 1 is 1.46 bits per heavy atom. The molecule has 2 nitrogen and oxygen atoms in total. The second-order valence-electron chi connectivity index (χ2n) is 2.94. The molecule has 0 heterocycles. The van der Waals surface area contributed by atoms with Gasteiger partial charge in [-0.1, -0.05) is 30.3 Å². The molecule has 1 unspecified atom stereocenters. The zero-order valence-electron chi connectivity index (χ0n) is 7.86. The molecule has 1 aromatic rings. The topological polar surface area (TPSA) is 35.2 Å². The van der Waals surface area contributed by atoms with Gasteiger partial charge >= 0.3 is 0 Å². The van der Waals surface area contributed by atoms with Crippen LogP contribution >= 0.6 is 0 Å². The average molecular weight is 177 g/mol. The van der Waals surface area contributed by atoms with E-state index in [4.69, 9.17) is 10.5 Å². The molecular weight excluding hydrogens is 162 g/mol. The zero-order valence-corrected chi connectivity index (χ0v) is 7.86. The summed E-state index contributed by atoms with van der Waals surface area (Å²) in [5.74, 6) is 0. The second-order valence-corrected chi connectivity index (χ2v) is 2.94. The van der Waals surface area contributed by atoms with Gasteiger partial charge in [0.25, 0.3) is 0 Å². The van der Waals surface area contributed by atoms with E-state index in [1.807, 2.05) is 24.3 Å². The van der Waals surface area contributed by atoms with Gasteiger partial charge in [0.2, 0.25) is 0 Å². The van der Waals surface area contributed by atoms with Gasteiger partial charge in [0.15, 0.2) is 0 Å². The lowest BCUT2D eigenvalue weighted by molar-refractivity contribution is 0.185. The van der Waals surface area contributed by atoms with Crippen molar-refractivity contribution in [3.05, 3.63) is 48.0 Å². The van der Waals surface area contributed by atoms with E-state index in [0.29, 0.717) is 6.61 Å². The SMILES string of the molecule is C=CC(N)c1ccc(COC)cc1. The summed E-state index contributed by atoms with van der Waals surface area (Å²) in [7, 11) is 1.68. The average Bonchev–Trinajstić information content (AvgIpc) is 2.18. The van der Waals surface area contributed by atoms with Crippen LogP contribution < -0.4 is 5.73 Å². The van der Waals surface area contributed by atoms with Crippen molar-refractivity contribution in [2.45, 2.75) is 12.6 Å². The van der Waals surface area contributed by atoms with Crippen molar-refractivity contribution < 1.29 is 4.74 Å². The van der Waals surface area contributed by atoms with Gasteiger partial charge < -0.3 is 10.5 Å². The summed E-state index contributed by atoms with van der Waals surface area (Å²) in [6, 6.07) is 7.96. The normalized spacial score (nSPS) is 12.5. The van der Waals surface area contributed by atoms with Crippen LogP contribution in [-0.2, 0) is 11.3 Å². The number of rotatable bonds is 4. The molecule has 0 saturated carbocycles. The first-order chi connectivity index (χ1) is 6.27. The van der Waals surface area contributed by atoms with Gasteiger partial charge in [-0.05, 0) is 11.1 Å². The Kier molecular flexibility index (Phi) is 3.68. The maximum Gasteiger partial charge on any atom is 0.0713 e. The van der Waals surface area contributed by atoms with E-state index >= 15 is 0 Å². The Bertz CT molecular complexity index is 266. The standard InChI is InChI=1S/C11H15NO/c1-3-11(12)10-6-4-9(5-7-10)8-13-2/h3-7,11H,1,8,12H2,2H3. The molecular formula is C11H15NO. The lowest BCUT2D eigenvalue weighted by atomic mass is 10.1. The van der Waals surface area contributed by atoms with Gasteiger partial charge in [-0.15, -0.1) is 6.58 Å². The first-order valence-corrected chi connectivity index (χ1v) is 4.24. The van der Waals surface area contributed by atoms with Gasteiger partial charge in [0, 0.05) is 13.2 Å². The van der Waals surface area contributed by atoms with Crippen molar-refractivity contribution in [2.24, 2.45) is 5.73 Å². The molecule has 0 amide bonds. The van der Waals surface area contributed by atoms with Crippen LogP contribution in [0.15, 0.2) is 36.9 Å². The predicted octanol–water partition coefficient (Wildman–Crippen LogP) is 2.02. The van der Waals surface area contributed by atoms with Crippen LogP contribution in [0.4, 0.5) is 0 Å². The van der Waals surface area contributed by atoms with E-state index in [1.165, 1.54) is 0 Å². The Morgan fingerprint density at radius 3 is 2.54 bits per heavy atom. The summed E-state index contributed by atoms with van der Waals surface area (Å²) in [5.41, 5.74) is 8.00. The van der Waals surface area contributed by atoms with Gasteiger partial charge in [-0.25, -0.2) is 0 Å². The Morgan fingerprint density at radius 2 is 2.08 bits per heavy atom. The third-order valence-electron chi connectivity index (χ3n) is 1.93. The van der Waals surface area contributed by atoms with Crippen molar-refractivity contribution in [3.63, 3.8) is 0 Å². The highest BCUT2D eigenvalue weighted by atomic mass is 16.5. The summed E-state index contributed by atoms with van der Waals surface area (Å²) in [6.45, 7) is 4.29. The fourth-order valence-electron chi connectivity index (χ4n) is 1.14. The van der Waals surface area contributed by atoms with Crippen LogP contribution in [0.2, 0.25) is 0 Å². The molecule has 70 valence electrons. The van der Waals surface area contributed by atoms with E-state index in [2.05, 4.69) is 6.58 Å². The number of hydrogen-bond acceptors (Lipinski definition) is 2. The molecule has 0 bridgehead atoms. The summed E-state index contributed by atoms with van der Waals surface area (Å²) in [4.78, 5) is 0. The number of nitrogens with two attached hydrogens (primary N) is 1. The van der Waals surface area contributed by atoms with Gasteiger partial charge in [-0.2, -0.15) is 0 Å². The number of methoxy groups -OCH3 is 1. The molecule has 1 rings (SSSR count). The van der Waals surface area contributed by atoms with Crippen molar-refractivity contribution >= 4 is 0 Å². The van der Waals surface area contributed by atoms with Gasteiger partial charge in [0.05, 0.1) is 6.61 Å². The molecule has 0 radical (unpaired) electrons. The summed E-state index contributed by atoms with van der Waals surface area (Å²) in [5, 5.41) is 0. The zero-order chi connectivity index (χ0) is 9.68. The Labute approximate surface area is 79.0 Å². The minimum Gasteiger partial charge on any atom is -0.380 e. The van der Waals surface area contributed by atoms with E-state index in [1.54, 1.807) is 13.2 Å². The van der Waals surface area contributed by atoms with E-state index in [0.717, 1.165) is 11.1 Å². The van der Waals surface area contributed by atoms with Crippen LogP contribution in [0.5, 0.6) is 0 Å². The lowest BCUT2D eigenvalue weighted by Crippen LogP contribution is -2.06. The maximum absolute atomic E-state index is 5.77. The molecule has 0 aliphatic rings. The molecule has 0 saturated heterocycles. The number of ether oxygens (including phenoxy) is 1. The third kappa shape index (κ3) is 2.68. The van der Waals surface area contributed by atoms with Gasteiger partial charge in [-0.3, -0.25) is 0 Å². The highest BCUT2D eigenvalue weighted by Crippen LogP contribution is 2.12. The monoisotopic (exact) mass is 177 g/mol. The molecule has 0 aliphatic heterocycles. The van der Waals surface area contributed by atoms with E-state index in [-0.39, 0.29) is 6.04 Å². The highest BCUT2D eigenvalue weighted by Gasteiger charge is 1.99. The largest absolute Gasteiger partial charge is 0.380 e. The Balaban J connectivity index is 2.74. The second kappa shape index (κ2) is 4.80. The van der Waals surface area contributed by atoms with Crippen LogP contribution in [0.25, 0.3) is 0 Å². The van der Waals surface area contributed by atoms with Crippen LogP contribution in [0.1, 0.15) is 17.2 Å². The smallest absolute Gasteiger partial charge is 0.0713 e. The van der Waals surface area contributed by atoms with Crippen molar-refractivity contribution in [3.8, 4) is 0 Å². The number of benzene rings is 1. The van der Waals surface area contributed by atoms with Crippen LogP contribution in [0, 0.1) is 0 Å². The van der Waals surface area contributed by atoms with Crippen molar-refractivity contribution in [1.82, 2.24) is 0 Å². The molecule has 1 aromatic carbocycles. The predicted molar refractivity (Wildman–Crippen MR) is 54.3 cm³/mol. The van der Waals surface area contributed by atoms with Crippen molar-refractivity contribution in [1.29, 1.82) is 0 Å². The fourth-order valence-corrected chi connectivity index (χ4v) is 1.14. The molecule has 0 aromatic heterocycles. The molecule has 13 heavy (non-hydrogen) atoms. The minimum absolute atomic E-state index is 0.0726. The summed E-state index contributed by atoms with van der Waals surface area (Å²) < 4.78 is 5.00. The van der Waals surface area contributed by atoms with Crippen LogP contribution in [0.3, 0.4) is 0 Å². The maximum atomic E-state index is 5.77. The first-order valence-electron chi connectivity index (χ1n) is 4.24. The highest BCUT2D eigenvalue weighted by molar-refractivity contribution is 5.26. The first kappa shape index (κ1) is 9.96. The molecule has 0 aliphatic carbocycles. The molecule has 0 spiro atoms. The van der Waals surface area contributed by atoms with E-state index < -0.39 is 0 Å². The fraction of sp³-hybridized carbons (Fsp3) is 0.273. The Hall–Kier alpha value is -1.12. The quantitative estimate of drug-likeness (QED) is 0.714. The third-order valence-corrected chi connectivity index (χ3v) is 1.93. The van der Waals surface area contributed by atoms with Gasteiger partial charge in [0.1, 0.15) is 0 Å². The molecule has 2 heteroatoms. The minimum atomic E-state index is -0.0726. The summed E-state index contributed by atoms with van der Waals surface area (Å²) in [6.07, 6.45) is 1.73. The molecule has 1 atom stereocenters. The lowest BCUT2D eigenvalue weighted by Gasteiger charge is -2.07. The van der Waals surface area contributed by atoms with Crippen molar-refractivity contribution in [2.75, 3.05) is 7.11 Å². The molecule has 2 N–H and O–H groups in total. The summed E-state index contributed by atoms with van der Waals surface area (Å²) >= 11 is 0.